The van der Waals surface area contributed by atoms with Crippen molar-refractivity contribution < 1.29 is 9.53 Å². The Hall–Kier alpha value is -2.40. The van der Waals surface area contributed by atoms with Crippen molar-refractivity contribution in [1.82, 2.24) is 5.32 Å². The van der Waals surface area contributed by atoms with Crippen LogP contribution in [0.25, 0.3) is 0 Å². The highest BCUT2D eigenvalue weighted by Gasteiger charge is 2.08. The summed E-state index contributed by atoms with van der Waals surface area (Å²) >= 11 is 5.19. The largest absolute Gasteiger partial charge is 0.494 e. The molecule has 0 saturated carbocycles. The lowest BCUT2D eigenvalue weighted by atomic mass is 10.1. The van der Waals surface area contributed by atoms with Crippen LogP contribution >= 0.6 is 12.2 Å². The van der Waals surface area contributed by atoms with Gasteiger partial charge in [0.1, 0.15) is 5.75 Å². The Balaban J connectivity index is 1.95. The highest BCUT2D eigenvalue weighted by atomic mass is 32.1. The van der Waals surface area contributed by atoms with Gasteiger partial charge in [-0.2, -0.15) is 0 Å². The van der Waals surface area contributed by atoms with E-state index in [0.717, 1.165) is 23.4 Å². The number of nitrogens with one attached hydrogen (secondary N) is 2. The van der Waals surface area contributed by atoms with Gasteiger partial charge in [-0.1, -0.05) is 30.7 Å². The van der Waals surface area contributed by atoms with E-state index < -0.39 is 0 Å². The monoisotopic (exact) mass is 328 g/mol. The Morgan fingerprint density at radius 3 is 2.70 bits per heavy atom. The van der Waals surface area contributed by atoms with E-state index in [9.17, 15) is 4.79 Å². The van der Waals surface area contributed by atoms with Crippen LogP contribution in [0.3, 0.4) is 0 Å². The maximum absolute atomic E-state index is 12.1. The molecule has 2 rings (SSSR count). The van der Waals surface area contributed by atoms with Crippen LogP contribution in [0.2, 0.25) is 0 Å². The summed E-state index contributed by atoms with van der Waals surface area (Å²) in [6.07, 6.45) is 0.947. The lowest BCUT2D eigenvalue weighted by Gasteiger charge is -2.11. The van der Waals surface area contributed by atoms with Gasteiger partial charge in [-0.05, 0) is 49.8 Å². The first-order valence-electron chi connectivity index (χ1n) is 7.50. The average Bonchev–Trinajstić information content (AvgIpc) is 2.53. The van der Waals surface area contributed by atoms with Crippen LogP contribution in [-0.4, -0.2) is 17.6 Å². The predicted molar refractivity (Wildman–Crippen MR) is 97.1 cm³/mol. The number of rotatable bonds is 5. The van der Waals surface area contributed by atoms with Crippen molar-refractivity contribution in [3.05, 3.63) is 59.7 Å². The van der Waals surface area contributed by atoms with Crippen LogP contribution in [0.15, 0.2) is 48.5 Å². The minimum absolute atomic E-state index is 0.232. The molecule has 0 aromatic heterocycles. The fraction of sp³-hybridized carbons (Fsp3) is 0.222. The van der Waals surface area contributed by atoms with Gasteiger partial charge in [-0.25, -0.2) is 0 Å². The van der Waals surface area contributed by atoms with Crippen LogP contribution in [0, 0.1) is 6.92 Å². The highest BCUT2D eigenvalue weighted by Crippen LogP contribution is 2.17. The van der Waals surface area contributed by atoms with E-state index >= 15 is 0 Å². The molecule has 0 heterocycles. The van der Waals surface area contributed by atoms with Gasteiger partial charge >= 0.3 is 0 Å². The molecule has 0 fully saturated rings. The molecule has 0 aliphatic carbocycles. The number of carbonyl (C=O) groups excluding carboxylic acids is 1. The van der Waals surface area contributed by atoms with Crippen molar-refractivity contribution in [1.29, 1.82) is 0 Å². The molecule has 23 heavy (non-hydrogen) atoms. The number of anilines is 1. The van der Waals surface area contributed by atoms with Crippen LogP contribution in [0.1, 0.15) is 29.3 Å². The lowest BCUT2D eigenvalue weighted by molar-refractivity contribution is 0.0977. The molecule has 0 aliphatic heterocycles. The molecule has 5 heteroatoms. The number of amides is 1. The van der Waals surface area contributed by atoms with E-state index in [1.165, 1.54) is 0 Å². The molecule has 120 valence electrons. The number of hydrogen-bond acceptors (Lipinski definition) is 3. The number of hydrogen-bond donors (Lipinski definition) is 2. The van der Waals surface area contributed by atoms with Gasteiger partial charge < -0.3 is 10.1 Å². The van der Waals surface area contributed by atoms with E-state index in [1.807, 2.05) is 49.4 Å². The molecule has 2 N–H and O–H groups in total. The van der Waals surface area contributed by atoms with Crippen molar-refractivity contribution in [2.24, 2.45) is 0 Å². The number of thiocarbonyl (C=S) groups is 1. The van der Waals surface area contributed by atoms with Crippen molar-refractivity contribution in [3.8, 4) is 5.75 Å². The summed E-state index contributed by atoms with van der Waals surface area (Å²) in [4.78, 5) is 12.1. The molecule has 0 aliphatic rings. The molecule has 2 aromatic carbocycles. The molecule has 0 spiro atoms. The second kappa shape index (κ2) is 8.29. The van der Waals surface area contributed by atoms with Gasteiger partial charge in [0.15, 0.2) is 5.11 Å². The third-order valence-electron chi connectivity index (χ3n) is 3.07. The number of aryl methyl sites for hydroxylation is 1. The van der Waals surface area contributed by atoms with Crippen LogP contribution in [0.4, 0.5) is 5.69 Å². The lowest BCUT2D eigenvalue weighted by Crippen LogP contribution is -2.34. The number of ether oxygens (including phenoxy) is 1. The first-order valence-corrected chi connectivity index (χ1v) is 7.91. The Morgan fingerprint density at radius 1 is 1.17 bits per heavy atom. The zero-order valence-electron chi connectivity index (χ0n) is 13.3. The Kier molecular flexibility index (Phi) is 6.11. The fourth-order valence-electron chi connectivity index (χ4n) is 2.01. The quantitative estimate of drug-likeness (QED) is 0.817. The van der Waals surface area contributed by atoms with Crippen LogP contribution in [-0.2, 0) is 0 Å². The molecule has 2 aromatic rings. The summed E-state index contributed by atoms with van der Waals surface area (Å²) in [6.45, 7) is 4.66. The van der Waals surface area contributed by atoms with Crippen molar-refractivity contribution >= 4 is 28.9 Å². The molecule has 0 unspecified atom stereocenters. The molecule has 0 radical (unpaired) electrons. The summed E-state index contributed by atoms with van der Waals surface area (Å²) in [5.74, 6) is 0.536. The van der Waals surface area contributed by atoms with Crippen LogP contribution in [0.5, 0.6) is 5.75 Å². The van der Waals surface area contributed by atoms with E-state index in [0.29, 0.717) is 12.2 Å². The maximum Gasteiger partial charge on any atom is 0.257 e. The van der Waals surface area contributed by atoms with Gasteiger partial charge in [0.25, 0.3) is 5.91 Å². The van der Waals surface area contributed by atoms with E-state index in [1.54, 1.807) is 6.07 Å². The molecule has 1 amide bonds. The predicted octanol–water partition coefficient (Wildman–Crippen LogP) is 3.91. The van der Waals surface area contributed by atoms with Crippen molar-refractivity contribution in [3.63, 3.8) is 0 Å². The number of carbonyl (C=O) groups is 1. The van der Waals surface area contributed by atoms with Gasteiger partial charge in [0.2, 0.25) is 0 Å². The molecule has 0 saturated heterocycles. The van der Waals surface area contributed by atoms with Crippen molar-refractivity contribution in [2.45, 2.75) is 20.3 Å². The Morgan fingerprint density at radius 2 is 1.96 bits per heavy atom. The fourth-order valence-corrected chi connectivity index (χ4v) is 2.22. The first kappa shape index (κ1) is 17.0. The second-order valence-corrected chi connectivity index (χ2v) is 5.56. The van der Waals surface area contributed by atoms with E-state index in [2.05, 4.69) is 17.6 Å². The van der Waals surface area contributed by atoms with Crippen molar-refractivity contribution in [2.75, 3.05) is 11.9 Å². The Bertz CT molecular complexity index is 701. The number of benzene rings is 2. The topological polar surface area (TPSA) is 50.4 Å². The molecule has 0 bridgehead atoms. The summed E-state index contributed by atoms with van der Waals surface area (Å²) in [6, 6.07) is 14.8. The normalized spacial score (nSPS) is 10.0. The van der Waals surface area contributed by atoms with Gasteiger partial charge in [0, 0.05) is 17.3 Å². The average molecular weight is 328 g/mol. The van der Waals surface area contributed by atoms with Crippen LogP contribution < -0.4 is 15.4 Å². The smallest absolute Gasteiger partial charge is 0.257 e. The molecular weight excluding hydrogens is 308 g/mol. The summed E-state index contributed by atoms with van der Waals surface area (Å²) in [5, 5.41) is 5.92. The third kappa shape index (κ3) is 5.38. The minimum atomic E-state index is -0.232. The summed E-state index contributed by atoms with van der Waals surface area (Å²) < 4.78 is 5.57. The van der Waals surface area contributed by atoms with Gasteiger partial charge in [0.05, 0.1) is 6.61 Å². The van der Waals surface area contributed by atoms with Gasteiger partial charge in [-0.3, -0.25) is 10.1 Å². The highest BCUT2D eigenvalue weighted by molar-refractivity contribution is 7.80. The zero-order valence-corrected chi connectivity index (χ0v) is 14.1. The van der Waals surface area contributed by atoms with E-state index in [-0.39, 0.29) is 11.0 Å². The molecule has 0 atom stereocenters. The maximum atomic E-state index is 12.1. The second-order valence-electron chi connectivity index (χ2n) is 5.15. The Labute approximate surface area is 141 Å². The SMILES string of the molecule is CCCOc1cccc(NC(=S)NC(=O)c2cccc(C)c2)c1. The first-order chi connectivity index (χ1) is 11.1. The minimum Gasteiger partial charge on any atom is -0.494 e. The zero-order chi connectivity index (χ0) is 16.7. The van der Waals surface area contributed by atoms with Gasteiger partial charge in [-0.15, -0.1) is 0 Å². The standard InChI is InChI=1S/C18H20N2O2S/c1-3-10-22-16-9-5-8-15(12-16)19-18(23)20-17(21)14-7-4-6-13(2)11-14/h4-9,11-12H,3,10H2,1-2H3,(H2,19,20,21,23). The van der Waals surface area contributed by atoms with E-state index in [4.69, 9.17) is 17.0 Å². The summed E-state index contributed by atoms with van der Waals surface area (Å²) in [7, 11) is 0. The summed E-state index contributed by atoms with van der Waals surface area (Å²) in [5.41, 5.74) is 2.37. The molecule has 4 nitrogen and oxygen atoms in total. The third-order valence-corrected chi connectivity index (χ3v) is 3.28. The molecular formula is C18H20N2O2S.